The van der Waals surface area contributed by atoms with Crippen LogP contribution in [-0.4, -0.2) is 168 Å². The average molecular weight is 1600 g/mol. The lowest BCUT2D eigenvalue weighted by molar-refractivity contribution is -0.142. The summed E-state index contributed by atoms with van der Waals surface area (Å²) >= 11 is 0. The fourth-order valence-electron chi connectivity index (χ4n) is 14.7. The van der Waals surface area contributed by atoms with E-state index in [-0.39, 0.29) is 101 Å². The Hall–Kier alpha value is -8.36. The zero-order chi connectivity index (χ0) is 83.7. The summed E-state index contributed by atoms with van der Waals surface area (Å²) < 4.78 is 0. The van der Waals surface area contributed by atoms with Crippen LogP contribution in [0.3, 0.4) is 0 Å². The Bertz CT molecular complexity index is 3080. The van der Waals surface area contributed by atoms with Crippen molar-refractivity contribution >= 4 is 71.0 Å². The van der Waals surface area contributed by atoms with Crippen LogP contribution in [0.15, 0.2) is 60.7 Å². The van der Waals surface area contributed by atoms with Gasteiger partial charge in [0, 0.05) is 38.9 Å². The molecule has 2 aromatic rings. The highest BCUT2D eigenvalue weighted by molar-refractivity contribution is 5.99. The van der Waals surface area contributed by atoms with E-state index in [0.717, 1.165) is 32.5 Å². The van der Waals surface area contributed by atoms with Crippen LogP contribution in [0.1, 0.15) is 310 Å². The third-order valence-electron chi connectivity index (χ3n) is 21.3. The van der Waals surface area contributed by atoms with E-state index < -0.39 is 107 Å². The van der Waals surface area contributed by atoms with E-state index in [0.29, 0.717) is 24.0 Å². The second-order valence-electron chi connectivity index (χ2n) is 32.6. The Kier molecular flexibility index (Phi) is 52.7. The maximum atomic E-state index is 15.0. The lowest BCUT2D eigenvalue weighted by Crippen LogP contribution is -2.62. The molecule has 1 heterocycles. The first-order valence-electron chi connectivity index (χ1n) is 43.7. The van der Waals surface area contributed by atoms with E-state index >= 15 is 4.79 Å². The Balaban J connectivity index is 1.76. The van der Waals surface area contributed by atoms with Crippen LogP contribution < -0.4 is 70.8 Å². The Morgan fingerprint density at radius 3 is 1.26 bits per heavy atom. The van der Waals surface area contributed by atoms with Crippen molar-refractivity contribution in [1.29, 1.82) is 10.8 Å². The van der Waals surface area contributed by atoms with Gasteiger partial charge in [-0.25, -0.2) is 0 Å². The van der Waals surface area contributed by atoms with Crippen molar-refractivity contribution in [3.63, 3.8) is 0 Å². The van der Waals surface area contributed by atoms with Crippen LogP contribution in [0.2, 0.25) is 0 Å². The van der Waals surface area contributed by atoms with Crippen molar-refractivity contribution in [3.05, 3.63) is 71.8 Å². The fraction of sp³-hybridized carbons (Fsp3) is 0.724. The summed E-state index contributed by atoms with van der Waals surface area (Å²) in [5.41, 5.74) is 21.8. The summed E-state index contributed by atoms with van der Waals surface area (Å²) in [6.45, 7) is 15.0. The number of unbranched alkanes of at least 4 members (excludes halogenated alkanes) is 28. The van der Waals surface area contributed by atoms with E-state index in [1.54, 1.807) is 44.2 Å². The molecule has 7 atom stereocenters. The van der Waals surface area contributed by atoms with Crippen molar-refractivity contribution in [2.45, 2.75) is 359 Å². The van der Waals surface area contributed by atoms with Gasteiger partial charge in [0.25, 0.3) is 0 Å². The lowest BCUT2D eigenvalue weighted by Gasteiger charge is -2.31. The van der Waals surface area contributed by atoms with Gasteiger partial charge in [-0.2, -0.15) is 0 Å². The van der Waals surface area contributed by atoms with Gasteiger partial charge in [-0.05, 0) is 121 Å². The predicted octanol–water partition coefficient (Wildman–Crippen LogP) is 10.0. The Morgan fingerprint density at radius 1 is 0.465 bits per heavy atom. The summed E-state index contributed by atoms with van der Waals surface area (Å²) in [5, 5.41) is 40.1. The third kappa shape index (κ3) is 45.7. The van der Waals surface area contributed by atoms with Gasteiger partial charge in [-0.1, -0.05) is 262 Å². The molecule has 0 radical (unpaired) electrons. The first-order valence-corrected chi connectivity index (χ1v) is 43.7. The summed E-state index contributed by atoms with van der Waals surface area (Å²) in [6.07, 6.45) is 40.3. The molecule has 1 saturated heterocycles. The highest BCUT2D eigenvalue weighted by Gasteiger charge is 2.41. The molecule has 0 saturated carbocycles. The van der Waals surface area contributed by atoms with Crippen LogP contribution in [0.25, 0.3) is 0 Å². The van der Waals surface area contributed by atoms with Gasteiger partial charge in [0.2, 0.25) is 59.1 Å². The molecule has 0 aliphatic carbocycles. The van der Waals surface area contributed by atoms with E-state index in [1.165, 1.54) is 185 Å². The molecule has 10 amide bonds. The molecule has 3 rings (SSSR count). The molecule has 2 aromatic carbocycles. The molecule has 0 spiro atoms. The normalized spacial score (nSPS) is 14.4. The lowest BCUT2D eigenvalue weighted by atomic mass is 9.98. The number of rotatable bonds is 67. The van der Waals surface area contributed by atoms with Crippen LogP contribution in [0.4, 0.5) is 0 Å². The van der Waals surface area contributed by atoms with E-state index in [4.69, 9.17) is 33.8 Å². The van der Waals surface area contributed by atoms with Gasteiger partial charge in [0.15, 0.2) is 11.9 Å². The maximum absolute atomic E-state index is 15.0. The van der Waals surface area contributed by atoms with Gasteiger partial charge in [0.05, 0.1) is 6.42 Å². The standard InChI is InChI=1S/C87H151N17O10/c1-7-9-11-13-15-17-19-21-23-25-27-29-31-41-57-103(58-42-32-30-28-26-24-22-20-18-16-14-12-10-8-2)59-43-35-40-54-76(106)102-87(5,6)84(114)101-73(63-67-49-38-34-39-50-67)81(111)99-71(61-65(3)4)79(109)100-72(62-66-47-36-33-37-48-66)80(110)97-69(52-45-56-95-86(92)93)83(113)104-60-46-53-74(104)82(112)96-68(51-44-55-94-85(90)91)78(108)98-70(77(89)107)64-75(88)105/h33-34,36-39,47-50,65,68-74H,7-32,35,40-46,51-64H2,1-6H3,(H2,88,105)(H2,89,107)(H,96,112)(H,97,110)(H,98,108)(H,99,111)(H,100,109)(H,101,114)(H,102,106)(H4,90,91,94)(H4,92,93,95)/t68-,69-,70-,71-,72-,73-,74-/m0/s1. The topological polar surface area (TPSA) is 437 Å². The molecule has 27 nitrogen and oxygen atoms in total. The van der Waals surface area contributed by atoms with Gasteiger partial charge in [0.1, 0.15) is 47.8 Å². The molecular weight excluding hydrogens is 1440 g/mol. The van der Waals surface area contributed by atoms with Crippen LogP contribution in [0.5, 0.6) is 0 Å². The van der Waals surface area contributed by atoms with Crippen LogP contribution in [-0.2, 0) is 60.8 Å². The Morgan fingerprint density at radius 2 is 0.842 bits per heavy atom. The first-order chi connectivity index (χ1) is 54.7. The molecule has 114 heavy (non-hydrogen) atoms. The highest BCUT2D eigenvalue weighted by Crippen LogP contribution is 2.23. The van der Waals surface area contributed by atoms with Crippen molar-refractivity contribution in [2.75, 3.05) is 39.3 Å². The van der Waals surface area contributed by atoms with Gasteiger partial charge >= 0.3 is 0 Å². The number of likely N-dealkylation sites (tertiary alicyclic amines) is 1. The summed E-state index contributed by atoms with van der Waals surface area (Å²) in [4.78, 5) is 144. The Labute approximate surface area is 683 Å². The predicted molar refractivity (Wildman–Crippen MR) is 455 cm³/mol. The van der Waals surface area contributed by atoms with Crippen molar-refractivity contribution in [2.24, 2.45) is 28.9 Å². The smallest absolute Gasteiger partial charge is 0.245 e. The average Bonchev–Trinajstić information content (AvgIpc) is 1.60. The number of amides is 10. The first kappa shape index (κ1) is 99.8. The molecule has 644 valence electrons. The highest BCUT2D eigenvalue weighted by atomic mass is 16.2. The van der Waals surface area contributed by atoms with Gasteiger partial charge < -0.3 is 80.6 Å². The van der Waals surface area contributed by atoms with Gasteiger partial charge in [-0.3, -0.25) is 58.8 Å². The van der Waals surface area contributed by atoms with Crippen LogP contribution in [0, 0.1) is 16.7 Å². The van der Waals surface area contributed by atoms with E-state index in [9.17, 15) is 43.2 Å². The molecule has 0 aromatic heterocycles. The number of benzene rings is 2. The maximum Gasteiger partial charge on any atom is 0.245 e. The van der Waals surface area contributed by atoms with E-state index in [2.05, 4.69) is 66.6 Å². The number of hydrogen-bond acceptors (Lipinski definition) is 13. The monoisotopic (exact) mass is 1590 g/mol. The number of carbonyl (C=O) groups is 10. The van der Waals surface area contributed by atoms with Crippen molar-refractivity contribution in [1.82, 2.24) is 57.7 Å². The van der Waals surface area contributed by atoms with Crippen molar-refractivity contribution < 1.29 is 47.9 Å². The number of nitrogens with zero attached hydrogens (tertiary/aromatic N) is 2. The quantitative estimate of drug-likeness (QED) is 0.0166. The molecule has 19 N–H and O–H groups in total. The number of carbonyl (C=O) groups excluding carboxylic acids is 10. The van der Waals surface area contributed by atoms with Gasteiger partial charge in [-0.15, -0.1) is 0 Å². The summed E-state index contributed by atoms with van der Waals surface area (Å²) in [5.74, 6) is -8.20. The second kappa shape index (κ2) is 60.2. The molecule has 1 aliphatic rings. The van der Waals surface area contributed by atoms with E-state index in [1.807, 2.05) is 44.2 Å². The SMILES string of the molecule is CCCCCCCCCCCCCCCCN(CCCCCCCCCCCCCCCC)CCCCCC(=O)NC(C)(C)C(=O)N[C@@H](Cc1ccccc1)C(=O)N[C@@H](CC(C)C)C(=O)N[C@@H](Cc1ccccc1)C(=O)N[C@@H](CCCNC(=N)N)C(=O)N1CCC[C@H]1C(=O)N[C@@H](CCCNC(=N)N)C(=O)N[C@@H](CC(N)=O)C(N)=O. The number of hydrogen-bond donors (Lipinski definition) is 15. The second-order valence-corrected chi connectivity index (χ2v) is 32.6. The minimum atomic E-state index is -1.50. The molecule has 1 aliphatic heterocycles. The number of nitrogens with one attached hydrogen (secondary N) is 11. The molecule has 27 heteroatoms. The zero-order valence-electron chi connectivity index (χ0n) is 70.6. The number of nitrogens with two attached hydrogens (primary N) is 4. The molecule has 1 fully saturated rings. The van der Waals surface area contributed by atoms with Crippen LogP contribution >= 0.6 is 0 Å². The zero-order valence-corrected chi connectivity index (χ0v) is 70.6. The minimum absolute atomic E-state index is 0.0236. The molecular formula is C87H151N17O10. The molecule has 0 unspecified atom stereocenters. The summed E-state index contributed by atoms with van der Waals surface area (Å²) in [6, 6.07) is 8.74. The number of guanidine groups is 2. The fourth-order valence-corrected chi connectivity index (χ4v) is 14.7. The third-order valence-corrected chi connectivity index (χ3v) is 21.3. The molecule has 0 bridgehead atoms. The van der Waals surface area contributed by atoms with Crippen molar-refractivity contribution in [3.8, 4) is 0 Å². The largest absolute Gasteiger partial charge is 0.370 e. The summed E-state index contributed by atoms with van der Waals surface area (Å²) in [7, 11) is 0. The minimum Gasteiger partial charge on any atom is -0.370 e. The number of primary amides is 2.